The summed E-state index contributed by atoms with van der Waals surface area (Å²) in [7, 11) is 0. The largest absolute Gasteiger partial charge is 0.417 e. The molecule has 0 heterocycles. The van der Waals surface area contributed by atoms with Crippen LogP contribution in [-0.4, -0.2) is 5.11 Å². The number of alkyl halides is 9. The Kier molecular flexibility index (Phi) is 4.76. The first kappa shape index (κ1) is 18.6. The van der Waals surface area contributed by atoms with Gasteiger partial charge in [0.15, 0.2) is 0 Å². The summed E-state index contributed by atoms with van der Waals surface area (Å²) in [6.07, 6.45) is -19.1. The molecular weight excluding hydrogens is 331 g/mol. The standard InChI is InChI=1S/C12H9F9O/c1-2-8(22)6-3-5(10(13,14)15)4-7(11(16,17)18)9(6)12(19,20)21/h3-4,8,22H,2H2,1H3. The highest BCUT2D eigenvalue weighted by Crippen LogP contribution is 2.46. The summed E-state index contributed by atoms with van der Waals surface area (Å²) >= 11 is 0. The molecule has 1 nitrogen and oxygen atoms in total. The second-order valence-electron chi connectivity index (χ2n) is 4.41. The van der Waals surface area contributed by atoms with Gasteiger partial charge in [-0.05, 0) is 24.1 Å². The van der Waals surface area contributed by atoms with Crippen LogP contribution in [0.1, 0.15) is 41.7 Å². The van der Waals surface area contributed by atoms with Crippen LogP contribution < -0.4 is 0 Å². The van der Waals surface area contributed by atoms with E-state index in [-0.39, 0.29) is 6.07 Å². The maximum absolute atomic E-state index is 12.9. The summed E-state index contributed by atoms with van der Waals surface area (Å²) in [4.78, 5) is 0. The molecule has 1 aromatic carbocycles. The van der Waals surface area contributed by atoms with Crippen LogP contribution in [0, 0.1) is 0 Å². The number of halogens is 9. The minimum Gasteiger partial charge on any atom is -0.388 e. The molecule has 1 aromatic rings. The van der Waals surface area contributed by atoms with Crippen LogP contribution >= 0.6 is 0 Å². The van der Waals surface area contributed by atoms with Gasteiger partial charge in [-0.1, -0.05) is 6.92 Å². The Balaban J connectivity index is 3.86. The van der Waals surface area contributed by atoms with Crippen molar-refractivity contribution in [1.82, 2.24) is 0 Å². The lowest BCUT2D eigenvalue weighted by Gasteiger charge is -2.23. The minimum absolute atomic E-state index is 0.105. The van der Waals surface area contributed by atoms with Gasteiger partial charge in [0.05, 0.1) is 22.8 Å². The van der Waals surface area contributed by atoms with Gasteiger partial charge in [0.1, 0.15) is 0 Å². The minimum atomic E-state index is -5.66. The van der Waals surface area contributed by atoms with E-state index in [1.54, 1.807) is 0 Å². The van der Waals surface area contributed by atoms with E-state index in [0.717, 1.165) is 6.92 Å². The quantitative estimate of drug-likeness (QED) is 0.735. The van der Waals surface area contributed by atoms with Crippen LogP contribution in [0.2, 0.25) is 0 Å². The van der Waals surface area contributed by atoms with E-state index in [0.29, 0.717) is 0 Å². The van der Waals surface area contributed by atoms with Gasteiger partial charge in [-0.3, -0.25) is 0 Å². The third kappa shape index (κ3) is 3.84. The van der Waals surface area contributed by atoms with E-state index in [2.05, 4.69) is 0 Å². The van der Waals surface area contributed by atoms with Crippen LogP contribution in [0.25, 0.3) is 0 Å². The van der Waals surface area contributed by atoms with Crippen molar-refractivity contribution in [2.24, 2.45) is 0 Å². The van der Waals surface area contributed by atoms with Crippen LogP contribution in [0.15, 0.2) is 12.1 Å². The van der Waals surface area contributed by atoms with Crippen LogP contribution in [0.5, 0.6) is 0 Å². The Morgan fingerprint density at radius 2 is 1.36 bits per heavy atom. The molecule has 10 heteroatoms. The van der Waals surface area contributed by atoms with Crippen molar-refractivity contribution >= 4 is 0 Å². The van der Waals surface area contributed by atoms with E-state index in [1.807, 2.05) is 0 Å². The number of hydrogen-bond acceptors (Lipinski definition) is 1. The number of aliphatic hydroxyl groups excluding tert-OH is 1. The molecule has 0 aliphatic carbocycles. The number of hydrogen-bond donors (Lipinski definition) is 1. The Labute approximate surface area is 118 Å². The molecule has 0 amide bonds. The summed E-state index contributed by atoms with van der Waals surface area (Å²) in [6.45, 7) is 1.12. The summed E-state index contributed by atoms with van der Waals surface area (Å²) < 4.78 is 115. The van der Waals surface area contributed by atoms with Crippen molar-refractivity contribution in [1.29, 1.82) is 0 Å². The van der Waals surface area contributed by atoms with Crippen molar-refractivity contribution in [2.75, 3.05) is 0 Å². The predicted molar refractivity (Wildman–Crippen MR) is 56.7 cm³/mol. The normalized spacial score (nSPS) is 15.0. The van der Waals surface area contributed by atoms with Crippen molar-refractivity contribution in [2.45, 2.75) is 38.0 Å². The molecule has 0 aliphatic heterocycles. The molecule has 0 saturated carbocycles. The molecule has 1 N–H and O–H groups in total. The first-order valence-electron chi connectivity index (χ1n) is 5.77. The lowest BCUT2D eigenvalue weighted by Crippen LogP contribution is -2.22. The number of aliphatic hydroxyl groups is 1. The molecule has 0 saturated heterocycles. The smallest absolute Gasteiger partial charge is 0.388 e. The first-order valence-corrected chi connectivity index (χ1v) is 5.77. The third-order valence-corrected chi connectivity index (χ3v) is 2.83. The Morgan fingerprint density at radius 3 is 1.68 bits per heavy atom. The van der Waals surface area contributed by atoms with Gasteiger partial charge in [-0.2, -0.15) is 39.5 Å². The second kappa shape index (κ2) is 5.64. The highest BCUT2D eigenvalue weighted by Gasteiger charge is 2.47. The molecular formula is C12H9F9O. The Bertz CT molecular complexity index is 539. The SMILES string of the molecule is CCC(O)c1cc(C(F)(F)F)cc(C(F)(F)F)c1C(F)(F)F. The van der Waals surface area contributed by atoms with Crippen LogP contribution in [0.4, 0.5) is 39.5 Å². The van der Waals surface area contributed by atoms with Gasteiger partial charge in [0, 0.05) is 0 Å². The van der Waals surface area contributed by atoms with Gasteiger partial charge < -0.3 is 5.11 Å². The molecule has 0 spiro atoms. The third-order valence-electron chi connectivity index (χ3n) is 2.83. The summed E-state index contributed by atoms with van der Waals surface area (Å²) in [5.41, 5.74) is -8.13. The van der Waals surface area contributed by atoms with Crippen molar-refractivity contribution < 1.29 is 44.6 Å². The lowest BCUT2D eigenvalue weighted by atomic mass is 9.92. The maximum atomic E-state index is 12.9. The van der Waals surface area contributed by atoms with Crippen LogP contribution in [-0.2, 0) is 18.5 Å². The molecule has 0 aliphatic rings. The van der Waals surface area contributed by atoms with E-state index >= 15 is 0 Å². The van der Waals surface area contributed by atoms with Crippen LogP contribution in [0.3, 0.4) is 0 Å². The summed E-state index contributed by atoms with van der Waals surface area (Å²) in [6, 6.07) is -0.707. The molecule has 0 fully saturated rings. The fraction of sp³-hybridized carbons (Fsp3) is 0.500. The predicted octanol–water partition coefficient (Wildman–Crippen LogP) is 5.19. The maximum Gasteiger partial charge on any atom is 0.417 e. The Morgan fingerprint density at radius 1 is 0.864 bits per heavy atom. The average Bonchev–Trinajstić information content (AvgIpc) is 2.32. The zero-order valence-corrected chi connectivity index (χ0v) is 10.8. The fourth-order valence-corrected chi connectivity index (χ4v) is 1.85. The highest BCUT2D eigenvalue weighted by atomic mass is 19.4. The van der Waals surface area contributed by atoms with Gasteiger partial charge in [0.2, 0.25) is 0 Å². The molecule has 1 unspecified atom stereocenters. The average molecular weight is 340 g/mol. The molecule has 1 rings (SSSR count). The van der Waals surface area contributed by atoms with Crippen molar-refractivity contribution in [3.8, 4) is 0 Å². The fourth-order valence-electron chi connectivity index (χ4n) is 1.85. The Hall–Kier alpha value is -1.45. The number of rotatable bonds is 2. The second-order valence-corrected chi connectivity index (χ2v) is 4.41. The van der Waals surface area contributed by atoms with Gasteiger partial charge in [0.25, 0.3) is 0 Å². The molecule has 126 valence electrons. The van der Waals surface area contributed by atoms with Gasteiger partial charge in [-0.15, -0.1) is 0 Å². The van der Waals surface area contributed by atoms with Gasteiger partial charge >= 0.3 is 18.5 Å². The topological polar surface area (TPSA) is 20.2 Å². The molecule has 0 aromatic heterocycles. The number of benzene rings is 1. The highest BCUT2D eigenvalue weighted by molar-refractivity contribution is 5.45. The zero-order chi connectivity index (χ0) is 17.5. The monoisotopic (exact) mass is 340 g/mol. The molecule has 0 radical (unpaired) electrons. The zero-order valence-electron chi connectivity index (χ0n) is 10.8. The van der Waals surface area contributed by atoms with Crippen molar-refractivity contribution in [3.05, 3.63) is 34.4 Å². The van der Waals surface area contributed by atoms with E-state index in [1.165, 1.54) is 0 Å². The molecule has 22 heavy (non-hydrogen) atoms. The molecule has 0 bridgehead atoms. The lowest BCUT2D eigenvalue weighted by molar-refractivity contribution is -0.164. The molecule has 1 atom stereocenters. The first-order chi connectivity index (χ1) is 9.69. The van der Waals surface area contributed by atoms with Gasteiger partial charge in [-0.25, -0.2) is 0 Å². The summed E-state index contributed by atoms with van der Waals surface area (Å²) in [5.74, 6) is 0. The van der Waals surface area contributed by atoms with Crippen molar-refractivity contribution in [3.63, 3.8) is 0 Å². The van der Waals surface area contributed by atoms with E-state index in [4.69, 9.17) is 0 Å². The summed E-state index contributed by atoms with van der Waals surface area (Å²) in [5, 5.41) is 9.42. The van der Waals surface area contributed by atoms with E-state index in [9.17, 15) is 44.6 Å². The van der Waals surface area contributed by atoms with E-state index < -0.39 is 59.4 Å².